The number of carbonyl (C=O) groups is 2. The van der Waals surface area contributed by atoms with Crippen LogP contribution in [-0.4, -0.2) is 23.9 Å². The Morgan fingerprint density at radius 1 is 1.33 bits per heavy atom. The normalized spacial score (nSPS) is 11.7. The second-order valence-corrected chi connectivity index (χ2v) is 1.96. The van der Waals surface area contributed by atoms with Crippen molar-refractivity contribution in [3.05, 3.63) is 0 Å². The maximum absolute atomic E-state index is 10.2. The van der Waals surface area contributed by atoms with Gasteiger partial charge in [0.05, 0.1) is 12.0 Å². The molecular weight excluding hydrogens is 166 g/mol. The number of carbonyl (C=O) groups excluding carboxylic acids is 2. The molecule has 0 aliphatic carbocycles. The minimum Gasteiger partial charge on any atom is -0.550 e. The number of carboxylic acids is 2. The van der Waals surface area contributed by atoms with Crippen LogP contribution in [0.15, 0.2) is 4.99 Å². The van der Waals surface area contributed by atoms with Crippen molar-refractivity contribution in [3.8, 4) is 0 Å². The molecule has 0 aliphatic rings. The Morgan fingerprint density at radius 2 is 1.83 bits per heavy atom. The first-order valence-electron chi connectivity index (χ1n) is 2.93. The minimum absolute atomic E-state index is 0.509. The first kappa shape index (κ1) is 10.2. The molecule has 7 nitrogen and oxygen atoms in total. The van der Waals surface area contributed by atoms with E-state index in [4.69, 9.17) is 11.5 Å². The predicted octanol–water partition coefficient (Wildman–Crippen LogP) is -4.48. The molecule has 0 unspecified atom stereocenters. The summed E-state index contributed by atoms with van der Waals surface area (Å²) >= 11 is 0. The summed E-state index contributed by atoms with van der Waals surface area (Å²) in [6, 6.07) is -1.58. The fourth-order valence-electron chi connectivity index (χ4n) is 0.519. The Hall–Kier alpha value is -1.79. The zero-order valence-corrected chi connectivity index (χ0v) is 6.02. The molecule has 0 spiro atoms. The number of nitrogens with two attached hydrogens (primary N) is 2. The molecule has 0 heterocycles. The van der Waals surface area contributed by atoms with Crippen LogP contribution >= 0.6 is 0 Å². The van der Waals surface area contributed by atoms with Crippen LogP contribution in [0.2, 0.25) is 0 Å². The summed E-state index contributed by atoms with van der Waals surface area (Å²) in [4.78, 5) is 23.2. The van der Waals surface area contributed by atoms with Gasteiger partial charge in [0.25, 0.3) is 0 Å². The number of hydrogen-bond donors (Lipinski definition) is 2. The highest BCUT2D eigenvalue weighted by Gasteiger charge is 2.08. The second kappa shape index (κ2) is 4.16. The third-order valence-electron chi connectivity index (χ3n) is 0.937. The third-order valence-corrected chi connectivity index (χ3v) is 0.937. The van der Waals surface area contributed by atoms with Gasteiger partial charge in [0, 0.05) is 12.4 Å². The topological polar surface area (TPSA) is 145 Å². The lowest BCUT2D eigenvalue weighted by atomic mass is 10.2. The van der Waals surface area contributed by atoms with Gasteiger partial charge in [-0.15, -0.1) is 0 Å². The molecule has 4 N–H and O–H groups in total. The molecular formula is C5H7N3O4-2. The van der Waals surface area contributed by atoms with Gasteiger partial charge in [-0.2, -0.15) is 0 Å². The van der Waals surface area contributed by atoms with Gasteiger partial charge >= 0.3 is 0 Å². The SMILES string of the molecule is NC(N)=N[C@@H](CC(=O)[O-])C(=O)[O-]. The number of carboxylic acid groups (broad SMARTS) is 2. The predicted molar refractivity (Wildman–Crippen MR) is 34.2 cm³/mol. The molecule has 0 aromatic carbocycles. The van der Waals surface area contributed by atoms with Gasteiger partial charge in [0.2, 0.25) is 0 Å². The van der Waals surface area contributed by atoms with Gasteiger partial charge < -0.3 is 31.3 Å². The number of aliphatic carboxylic acids is 2. The largest absolute Gasteiger partial charge is 0.550 e. The monoisotopic (exact) mass is 173 g/mol. The summed E-state index contributed by atoms with van der Waals surface area (Å²) < 4.78 is 0. The van der Waals surface area contributed by atoms with Crippen molar-refractivity contribution >= 4 is 17.9 Å². The number of hydrogen-bond acceptors (Lipinski definition) is 5. The average Bonchev–Trinajstić information content (AvgIpc) is 1.83. The van der Waals surface area contributed by atoms with Crippen LogP contribution in [0.5, 0.6) is 0 Å². The molecule has 68 valence electrons. The molecule has 12 heavy (non-hydrogen) atoms. The quantitative estimate of drug-likeness (QED) is 0.324. The molecule has 1 atom stereocenters. The lowest BCUT2D eigenvalue weighted by molar-refractivity contribution is -0.316. The summed E-state index contributed by atoms with van der Waals surface area (Å²) in [5.41, 5.74) is 9.66. The van der Waals surface area contributed by atoms with Gasteiger partial charge in [0.15, 0.2) is 5.96 Å². The summed E-state index contributed by atoms with van der Waals surface area (Å²) in [5.74, 6) is -3.73. The van der Waals surface area contributed by atoms with E-state index in [0.717, 1.165) is 0 Å². The van der Waals surface area contributed by atoms with Crippen molar-refractivity contribution in [2.45, 2.75) is 12.5 Å². The van der Waals surface area contributed by atoms with Crippen molar-refractivity contribution in [1.82, 2.24) is 0 Å². The van der Waals surface area contributed by atoms with Crippen LogP contribution in [0.4, 0.5) is 0 Å². The molecule has 0 rings (SSSR count). The van der Waals surface area contributed by atoms with Gasteiger partial charge in [-0.25, -0.2) is 4.99 Å². The molecule has 0 fully saturated rings. The van der Waals surface area contributed by atoms with Crippen LogP contribution in [-0.2, 0) is 9.59 Å². The number of guanidine groups is 1. The summed E-state index contributed by atoms with van der Waals surface area (Å²) in [7, 11) is 0. The fraction of sp³-hybridized carbons (Fsp3) is 0.400. The summed E-state index contributed by atoms with van der Waals surface area (Å²) in [6.45, 7) is 0. The van der Waals surface area contributed by atoms with Gasteiger partial charge in [-0.1, -0.05) is 0 Å². The van der Waals surface area contributed by atoms with Gasteiger partial charge in [0.1, 0.15) is 0 Å². The van der Waals surface area contributed by atoms with E-state index in [1.54, 1.807) is 0 Å². The van der Waals surface area contributed by atoms with E-state index in [0.29, 0.717) is 0 Å². The number of aliphatic imine (C=N–C) groups is 1. The molecule has 0 amide bonds. The van der Waals surface area contributed by atoms with E-state index in [2.05, 4.69) is 4.99 Å². The standard InChI is InChI=1S/C5H9N3O4/c6-5(7)8-2(4(11)12)1-3(9)10/h2H,1H2,(H,9,10)(H,11,12)(H4,6,7,8)/p-2/t2-/m0/s1. The van der Waals surface area contributed by atoms with Crippen molar-refractivity contribution in [2.24, 2.45) is 16.5 Å². The van der Waals surface area contributed by atoms with E-state index in [-0.39, 0.29) is 0 Å². The maximum Gasteiger partial charge on any atom is 0.186 e. The molecule has 0 aromatic heterocycles. The Morgan fingerprint density at radius 3 is 2.08 bits per heavy atom. The highest BCUT2D eigenvalue weighted by Crippen LogP contribution is 1.94. The Balaban J connectivity index is 4.35. The Bertz CT molecular complexity index is 221. The lowest BCUT2D eigenvalue weighted by Gasteiger charge is -2.13. The van der Waals surface area contributed by atoms with Crippen molar-refractivity contribution in [2.75, 3.05) is 0 Å². The van der Waals surface area contributed by atoms with Crippen molar-refractivity contribution in [1.29, 1.82) is 0 Å². The summed E-state index contributed by atoms with van der Waals surface area (Å²) in [6.07, 6.45) is -0.805. The minimum atomic E-state index is -1.66. The van der Waals surface area contributed by atoms with E-state index in [1.807, 2.05) is 0 Å². The number of nitrogens with zero attached hydrogens (tertiary/aromatic N) is 1. The van der Waals surface area contributed by atoms with Crippen LogP contribution in [0, 0.1) is 0 Å². The molecule has 0 radical (unpaired) electrons. The van der Waals surface area contributed by atoms with E-state index >= 15 is 0 Å². The van der Waals surface area contributed by atoms with E-state index < -0.39 is 30.4 Å². The molecule has 0 bridgehead atoms. The second-order valence-electron chi connectivity index (χ2n) is 1.96. The van der Waals surface area contributed by atoms with Crippen LogP contribution in [0.3, 0.4) is 0 Å². The maximum atomic E-state index is 10.2. The van der Waals surface area contributed by atoms with Gasteiger partial charge in [-0.3, -0.25) is 0 Å². The van der Waals surface area contributed by atoms with Crippen LogP contribution in [0.25, 0.3) is 0 Å². The zero-order chi connectivity index (χ0) is 9.72. The first-order chi connectivity index (χ1) is 5.43. The highest BCUT2D eigenvalue weighted by atomic mass is 16.4. The van der Waals surface area contributed by atoms with Crippen molar-refractivity contribution < 1.29 is 19.8 Å². The first-order valence-corrected chi connectivity index (χ1v) is 2.93. The fourth-order valence-corrected chi connectivity index (χ4v) is 0.519. The molecule has 0 saturated carbocycles. The highest BCUT2D eigenvalue weighted by molar-refractivity contribution is 5.83. The summed E-state index contributed by atoms with van der Waals surface area (Å²) in [5, 5.41) is 20.1. The Labute approximate surface area is 67.7 Å². The Kier molecular flexibility index (Phi) is 3.54. The third kappa shape index (κ3) is 4.09. The van der Waals surface area contributed by atoms with Crippen LogP contribution < -0.4 is 21.7 Å². The zero-order valence-electron chi connectivity index (χ0n) is 6.02. The van der Waals surface area contributed by atoms with E-state index in [1.165, 1.54) is 0 Å². The molecule has 0 aromatic rings. The molecule has 0 aliphatic heterocycles. The molecule has 0 saturated heterocycles. The van der Waals surface area contributed by atoms with Crippen LogP contribution in [0.1, 0.15) is 6.42 Å². The number of rotatable bonds is 4. The van der Waals surface area contributed by atoms with E-state index in [9.17, 15) is 19.8 Å². The average molecular weight is 173 g/mol. The van der Waals surface area contributed by atoms with Gasteiger partial charge in [-0.05, 0) is 0 Å². The molecule has 7 heteroatoms. The smallest absolute Gasteiger partial charge is 0.186 e. The lowest BCUT2D eigenvalue weighted by Crippen LogP contribution is -2.41. The van der Waals surface area contributed by atoms with Crippen molar-refractivity contribution in [3.63, 3.8) is 0 Å².